The highest BCUT2D eigenvalue weighted by Gasteiger charge is 2.28. The molecule has 1 saturated carbocycles. The van der Waals surface area contributed by atoms with Crippen molar-refractivity contribution in [3.63, 3.8) is 0 Å². The predicted octanol–water partition coefficient (Wildman–Crippen LogP) is 2.16. The lowest BCUT2D eigenvalue weighted by Crippen LogP contribution is -2.51. The van der Waals surface area contributed by atoms with Gasteiger partial charge in [-0.25, -0.2) is 4.79 Å². The van der Waals surface area contributed by atoms with Crippen LogP contribution in [0.15, 0.2) is 0 Å². The summed E-state index contributed by atoms with van der Waals surface area (Å²) in [4.78, 5) is 27.0. The number of carboxylic acid groups (broad SMARTS) is 1. The van der Waals surface area contributed by atoms with Gasteiger partial charge in [0.1, 0.15) is 0 Å². The third-order valence-electron chi connectivity index (χ3n) is 5.68. The molecule has 0 aromatic heterocycles. The van der Waals surface area contributed by atoms with Gasteiger partial charge in [0.25, 0.3) is 0 Å². The molecule has 2 amide bonds. The van der Waals surface area contributed by atoms with Gasteiger partial charge < -0.3 is 20.1 Å². The number of carbonyl (C=O) groups is 2. The summed E-state index contributed by atoms with van der Waals surface area (Å²) in [6, 6.07) is 0.175. The van der Waals surface area contributed by atoms with Crippen LogP contribution < -0.4 is 5.32 Å². The van der Waals surface area contributed by atoms with Crippen LogP contribution in [0.1, 0.15) is 52.4 Å². The summed E-state index contributed by atoms with van der Waals surface area (Å²) in [6.45, 7) is 7.39. The fourth-order valence-corrected chi connectivity index (χ4v) is 4.11. The van der Waals surface area contributed by atoms with Gasteiger partial charge in [0, 0.05) is 32.2 Å². The number of piperidine rings is 1. The van der Waals surface area contributed by atoms with Gasteiger partial charge in [-0.15, -0.1) is 0 Å². The Morgan fingerprint density at radius 3 is 2.50 bits per heavy atom. The highest BCUT2D eigenvalue weighted by Crippen LogP contribution is 2.26. The Kier molecular flexibility index (Phi) is 8.65. The van der Waals surface area contributed by atoms with Gasteiger partial charge in [-0.3, -0.25) is 9.69 Å². The molecule has 2 aliphatic rings. The van der Waals surface area contributed by atoms with E-state index in [-0.39, 0.29) is 18.6 Å². The zero-order valence-corrected chi connectivity index (χ0v) is 16.3. The number of ether oxygens (including phenoxy) is 1. The number of carbonyl (C=O) groups excluding carboxylic acids is 1. The van der Waals surface area contributed by atoms with Gasteiger partial charge >= 0.3 is 12.0 Å². The number of carboxylic acids is 1. The number of hydrogen-bond acceptors (Lipinski definition) is 4. The quantitative estimate of drug-likeness (QED) is 0.685. The van der Waals surface area contributed by atoms with Gasteiger partial charge in [-0.1, -0.05) is 19.8 Å². The van der Waals surface area contributed by atoms with Crippen LogP contribution in [-0.4, -0.2) is 78.4 Å². The molecule has 2 N–H and O–H groups in total. The van der Waals surface area contributed by atoms with Gasteiger partial charge in [0.05, 0.1) is 19.3 Å². The molecule has 0 aromatic rings. The second kappa shape index (κ2) is 10.7. The number of hydrogen-bond donors (Lipinski definition) is 2. The molecule has 7 heteroatoms. The minimum atomic E-state index is -0.804. The summed E-state index contributed by atoms with van der Waals surface area (Å²) in [5.41, 5.74) is 0. The average Bonchev–Trinajstić information content (AvgIpc) is 2.62. The predicted molar refractivity (Wildman–Crippen MR) is 100 cm³/mol. The summed E-state index contributed by atoms with van der Waals surface area (Å²) in [5.74, 6) is -0.209. The molecule has 0 radical (unpaired) electrons. The first-order chi connectivity index (χ1) is 12.5. The van der Waals surface area contributed by atoms with E-state index in [0.29, 0.717) is 44.8 Å². The summed E-state index contributed by atoms with van der Waals surface area (Å²) in [7, 11) is 0. The summed E-state index contributed by atoms with van der Waals surface area (Å²) in [5, 5.41) is 12.1. The largest absolute Gasteiger partial charge is 0.480 e. The molecule has 0 aromatic carbocycles. The van der Waals surface area contributed by atoms with Crippen molar-refractivity contribution in [1.82, 2.24) is 15.1 Å². The first-order valence-electron chi connectivity index (χ1n) is 10.1. The number of nitrogens with zero attached hydrogens (tertiary/aromatic N) is 2. The Balaban J connectivity index is 1.79. The summed E-state index contributed by atoms with van der Waals surface area (Å²) in [6.07, 6.45) is 6.79. The molecule has 26 heavy (non-hydrogen) atoms. The number of rotatable bonds is 8. The van der Waals surface area contributed by atoms with E-state index >= 15 is 0 Å². The topological polar surface area (TPSA) is 82.1 Å². The van der Waals surface area contributed by atoms with Crippen molar-refractivity contribution >= 4 is 12.0 Å². The summed E-state index contributed by atoms with van der Waals surface area (Å²) < 4.78 is 6.08. The van der Waals surface area contributed by atoms with E-state index in [1.165, 1.54) is 19.3 Å². The molecule has 2 fully saturated rings. The first kappa shape index (κ1) is 21.0. The minimum absolute atomic E-state index is 0.0228. The number of nitrogens with one attached hydrogen (secondary N) is 1. The Labute approximate surface area is 157 Å². The standard InChI is InChI=1S/C19H35N3O4/c1-3-20-19(25)21-10-8-16(9-11-21)22(14-18(23)24)12-13-26-17-7-5-4-6-15(17)2/h15-17H,3-14H2,1-2H3,(H,20,25)(H,23,24). The monoisotopic (exact) mass is 369 g/mol. The van der Waals surface area contributed by atoms with Crippen molar-refractivity contribution in [3.05, 3.63) is 0 Å². The van der Waals surface area contributed by atoms with E-state index < -0.39 is 5.97 Å². The van der Waals surface area contributed by atoms with Crippen LogP contribution in [0.25, 0.3) is 0 Å². The SMILES string of the molecule is CCNC(=O)N1CCC(N(CCOC2CCCCC2C)CC(=O)O)CC1. The Morgan fingerprint density at radius 1 is 1.19 bits per heavy atom. The normalized spacial score (nSPS) is 24.7. The zero-order valence-electron chi connectivity index (χ0n) is 16.3. The van der Waals surface area contributed by atoms with Crippen LogP contribution in [-0.2, 0) is 9.53 Å². The molecule has 7 nitrogen and oxygen atoms in total. The van der Waals surface area contributed by atoms with Gasteiger partial charge in [-0.2, -0.15) is 0 Å². The molecule has 0 bridgehead atoms. The lowest BCUT2D eigenvalue weighted by atomic mass is 9.88. The minimum Gasteiger partial charge on any atom is -0.480 e. The lowest BCUT2D eigenvalue weighted by molar-refractivity contribution is -0.139. The van der Waals surface area contributed by atoms with E-state index in [1.807, 2.05) is 16.7 Å². The molecule has 150 valence electrons. The number of likely N-dealkylation sites (tertiary alicyclic amines) is 1. The van der Waals surface area contributed by atoms with Gasteiger partial charge in [0.15, 0.2) is 0 Å². The van der Waals surface area contributed by atoms with Crippen LogP contribution in [0.2, 0.25) is 0 Å². The van der Waals surface area contributed by atoms with Crippen LogP contribution in [0, 0.1) is 5.92 Å². The lowest BCUT2D eigenvalue weighted by Gasteiger charge is -2.38. The average molecular weight is 370 g/mol. The fraction of sp³-hybridized carbons (Fsp3) is 0.895. The Hall–Kier alpha value is -1.34. The van der Waals surface area contributed by atoms with Gasteiger partial charge in [-0.05, 0) is 38.5 Å². The van der Waals surface area contributed by atoms with Crippen molar-refractivity contribution in [3.8, 4) is 0 Å². The smallest absolute Gasteiger partial charge is 0.317 e. The molecular formula is C19H35N3O4. The van der Waals surface area contributed by atoms with E-state index in [9.17, 15) is 14.7 Å². The maximum Gasteiger partial charge on any atom is 0.317 e. The van der Waals surface area contributed by atoms with E-state index in [4.69, 9.17) is 4.74 Å². The molecule has 0 spiro atoms. The molecular weight excluding hydrogens is 334 g/mol. The number of urea groups is 1. The zero-order chi connectivity index (χ0) is 18.9. The van der Waals surface area contributed by atoms with E-state index in [0.717, 1.165) is 19.3 Å². The van der Waals surface area contributed by atoms with Crippen LogP contribution in [0.4, 0.5) is 4.79 Å². The van der Waals surface area contributed by atoms with E-state index in [1.54, 1.807) is 0 Å². The second-order valence-corrected chi connectivity index (χ2v) is 7.59. The van der Waals surface area contributed by atoms with Crippen molar-refractivity contribution in [2.75, 3.05) is 39.3 Å². The highest BCUT2D eigenvalue weighted by atomic mass is 16.5. The number of amides is 2. The molecule has 1 aliphatic heterocycles. The highest BCUT2D eigenvalue weighted by molar-refractivity contribution is 5.74. The number of aliphatic carboxylic acids is 1. The molecule has 2 rings (SSSR count). The molecule has 1 saturated heterocycles. The Morgan fingerprint density at radius 2 is 1.88 bits per heavy atom. The van der Waals surface area contributed by atoms with Crippen LogP contribution in [0.3, 0.4) is 0 Å². The fourth-order valence-electron chi connectivity index (χ4n) is 4.11. The van der Waals surface area contributed by atoms with E-state index in [2.05, 4.69) is 12.2 Å². The molecule has 2 unspecified atom stereocenters. The van der Waals surface area contributed by atoms with Crippen LogP contribution in [0.5, 0.6) is 0 Å². The van der Waals surface area contributed by atoms with Crippen molar-refractivity contribution in [2.24, 2.45) is 5.92 Å². The van der Waals surface area contributed by atoms with Crippen LogP contribution >= 0.6 is 0 Å². The maximum absolute atomic E-state index is 11.9. The van der Waals surface area contributed by atoms with Gasteiger partial charge in [0.2, 0.25) is 0 Å². The first-order valence-corrected chi connectivity index (χ1v) is 10.1. The molecule has 1 aliphatic carbocycles. The van der Waals surface area contributed by atoms with Crippen molar-refractivity contribution < 1.29 is 19.4 Å². The van der Waals surface area contributed by atoms with Crippen molar-refractivity contribution in [2.45, 2.75) is 64.5 Å². The third kappa shape index (κ3) is 6.43. The third-order valence-corrected chi connectivity index (χ3v) is 5.68. The summed E-state index contributed by atoms with van der Waals surface area (Å²) >= 11 is 0. The Bertz CT molecular complexity index is 452. The second-order valence-electron chi connectivity index (χ2n) is 7.59. The molecule has 1 heterocycles. The molecule has 2 atom stereocenters. The maximum atomic E-state index is 11.9. The van der Waals surface area contributed by atoms with Crippen molar-refractivity contribution in [1.29, 1.82) is 0 Å².